The Bertz CT molecular complexity index is 1140. The highest BCUT2D eigenvalue weighted by Crippen LogP contribution is 2.30. The summed E-state index contributed by atoms with van der Waals surface area (Å²) in [6, 6.07) is 7.02. The number of carbonyl (C=O) groups excluding carboxylic acids is 2. The van der Waals surface area contributed by atoms with E-state index in [1.807, 2.05) is 51.2 Å². The maximum absolute atomic E-state index is 13.4. The SMILES string of the molecule is CO[C@H](/C(=N/OCC(=O)NC(Cc1c[nH]c2ccccc12)C(=O)N1CC(C)(C)C1)C(O)C(C)O)C(C)(C)C. The van der Waals surface area contributed by atoms with Crippen molar-refractivity contribution in [3.8, 4) is 0 Å². The van der Waals surface area contributed by atoms with Gasteiger partial charge in [0.1, 0.15) is 24.0 Å². The minimum absolute atomic E-state index is 0.0504. The van der Waals surface area contributed by atoms with Gasteiger partial charge in [-0.25, -0.2) is 0 Å². The number of aromatic nitrogens is 1. The summed E-state index contributed by atoms with van der Waals surface area (Å²) in [5.74, 6) is -0.675. The Kier molecular flexibility index (Phi) is 9.22. The molecule has 4 N–H and O–H groups in total. The zero-order chi connectivity index (χ0) is 28.3. The van der Waals surface area contributed by atoms with E-state index < -0.39 is 42.3 Å². The van der Waals surface area contributed by atoms with Crippen molar-refractivity contribution in [1.29, 1.82) is 0 Å². The van der Waals surface area contributed by atoms with E-state index in [2.05, 4.69) is 29.3 Å². The Morgan fingerprint density at radius 1 is 1.21 bits per heavy atom. The number of rotatable bonds is 11. The predicted octanol–water partition coefficient (Wildman–Crippen LogP) is 2.24. The number of aliphatic hydroxyl groups excluding tert-OH is 2. The lowest BCUT2D eigenvalue weighted by Gasteiger charge is -2.47. The number of benzene rings is 1. The van der Waals surface area contributed by atoms with Crippen LogP contribution in [0.3, 0.4) is 0 Å². The lowest BCUT2D eigenvalue weighted by atomic mass is 9.83. The smallest absolute Gasteiger partial charge is 0.261 e. The number of nitrogens with one attached hydrogen (secondary N) is 2. The highest BCUT2D eigenvalue weighted by molar-refractivity contribution is 5.93. The molecule has 3 unspecified atom stereocenters. The third kappa shape index (κ3) is 7.12. The van der Waals surface area contributed by atoms with E-state index in [1.54, 1.807) is 4.90 Å². The van der Waals surface area contributed by atoms with Crippen LogP contribution >= 0.6 is 0 Å². The summed E-state index contributed by atoms with van der Waals surface area (Å²) in [7, 11) is 1.48. The monoisotopic (exact) mass is 530 g/mol. The number of para-hydroxylation sites is 1. The summed E-state index contributed by atoms with van der Waals surface area (Å²) >= 11 is 0. The van der Waals surface area contributed by atoms with E-state index in [4.69, 9.17) is 9.57 Å². The highest BCUT2D eigenvalue weighted by Gasteiger charge is 2.40. The van der Waals surface area contributed by atoms with Crippen molar-refractivity contribution in [2.75, 3.05) is 26.8 Å². The quantitative estimate of drug-likeness (QED) is 0.260. The average Bonchev–Trinajstić information content (AvgIpc) is 3.22. The van der Waals surface area contributed by atoms with Gasteiger partial charge in [0.05, 0.1) is 6.10 Å². The van der Waals surface area contributed by atoms with Crippen molar-refractivity contribution in [2.24, 2.45) is 16.0 Å². The van der Waals surface area contributed by atoms with Crippen LogP contribution in [0.1, 0.15) is 47.1 Å². The van der Waals surface area contributed by atoms with E-state index in [0.29, 0.717) is 19.5 Å². The molecule has 0 saturated carbocycles. The molecule has 1 aromatic carbocycles. The Morgan fingerprint density at radius 2 is 1.87 bits per heavy atom. The molecule has 1 aliphatic heterocycles. The zero-order valence-electron chi connectivity index (χ0n) is 23.4. The lowest BCUT2D eigenvalue weighted by molar-refractivity contribution is -0.146. The minimum Gasteiger partial charge on any atom is -0.390 e. The lowest BCUT2D eigenvalue weighted by Crippen LogP contribution is -2.61. The molecule has 1 aromatic heterocycles. The first-order chi connectivity index (χ1) is 17.7. The van der Waals surface area contributed by atoms with Crippen LogP contribution in [-0.4, -0.2) is 88.8 Å². The number of carbonyl (C=O) groups is 2. The molecular weight excluding hydrogens is 488 g/mol. The molecule has 10 nitrogen and oxygen atoms in total. The molecule has 0 bridgehead atoms. The molecule has 2 aromatic rings. The third-order valence-corrected chi connectivity index (χ3v) is 6.70. The zero-order valence-corrected chi connectivity index (χ0v) is 23.4. The van der Waals surface area contributed by atoms with Gasteiger partial charge in [0.15, 0.2) is 6.61 Å². The summed E-state index contributed by atoms with van der Waals surface area (Å²) in [6.07, 6.45) is -0.949. The molecule has 0 aliphatic carbocycles. The number of hydrogen-bond acceptors (Lipinski definition) is 7. The van der Waals surface area contributed by atoms with Gasteiger partial charge in [-0.2, -0.15) is 0 Å². The summed E-state index contributed by atoms with van der Waals surface area (Å²) in [4.78, 5) is 36.5. The van der Waals surface area contributed by atoms with E-state index >= 15 is 0 Å². The van der Waals surface area contributed by atoms with Crippen LogP contribution < -0.4 is 5.32 Å². The van der Waals surface area contributed by atoms with Crippen LogP contribution in [0.15, 0.2) is 35.6 Å². The van der Waals surface area contributed by atoms with Gasteiger partial charge >= 0.3 is 0 Å². The molecule has 10 heteroatoms. The maximum atomic E-state index is 13.4. The highest BCUT2D eigenvalue weighted by atomic mass is 16.6. The topological polar surface area (TPSA) is 136 Å². The van der Waals surface area contributed by atoms with Gasteiger partial charge in [0, 0.05) is 43.7 Å². The first-order valence-corrected chi connectivity index (χ1v) is 13.0. The molecular formula is C28H42N4O6. The number of H-pyrrole nitrogens is 1. The van der Waals surface area contributed by atoms with E-state index in [0.717, 1.165) is 16.5 Å². The second-order valence-electron chi connectivity index (χ2n) is 12.0. The van der Waals surface area contributed by atoms with Crippen molar-refractivity contribution in [1.82, 2.24) is 15.2 Å². The minimum atomic E-state index is -1.34. The fraction of sp³-hybridized carbons (Fsp3) is 0.607. The Morgan fingerprint density at radius 3 is 2.45 bits per heavy atom. The normalized spacial score (nSPS) is 18.9. The van der Waals surface area contributed by atoms with Crippen molar-refractivity contribution in [2.45, 2.75) is 72.3 Å². The van der Waals surface area contributed by atoms with Gasteiger partial charge in [0.25, 0.3) is 5.91 Å². The maximum Gasteiger partial charge on any atom is 0.261 e. The van der Waals surface area contributed by atoms with Gasteiger partial charge in [-0.15, -0.1) is 0 Å². The number of amides is 2. The van der Waals surface area contributed by atoms with E-state index in [-0.39, 0.29) is 17.0 Å². The standard InChI is InChI=1S/C28H42N4O6/c1-17(33)24(35)23(25(37-7)27(2,3)4)31-38-14-22(34)30-21(26(36)32-15-28(5,6)16-32)12-18-13-29-20-11-9-8-10-19(18)20/h8-11,13,17,21,24-25,29,33,35H,12,14-16H2,1-7H3,(H,30,34)/b31-23+/t17?,21?,24?,25-/m1/s1. The van der Waals surface area contributed by atoms with Crippen LogP contribution in [0.2, 0.25) is 0 Å². The fourth-order valence-corrected chi connectivity index (χ4v) is 4.91. The van der Waals surface area contributed by atoms with Gasteiger partial charge in [-0.05, 0) is 29.4 Å². The number of likely N-dealkylation sites (tertiary alicyclic amines) is 1. The second-order valence-corrected chi connectivity index (χ2v) is 12.0. The number of nitrogens with zero attached hydrogens (tertiary/aromatic N) is 2. The van der Waals surface area contributed by atoms with Crippen molar-refractivity contribution in [3.05, 3.63) is 36.0 Å². The molecule has 1 saturated heterocycles. The number of hydrogen-bond donors (Lipinski definition) is 4. The van der Waals surface area contributed by atoms with Crippen molar-refractivity contribution < 1.29 is 29.4 Å². The van der Waals surface area contributed by atoms with Crippen LogP contribution in [0, 0.1) is 10.8 Å². The molecule has 38 heavy (non-hydrogen) atoms. The summed E-state index contributed by atoms with van der Waals surface area (Å²) < 4.78 is 5.52. The molecule has 2 amide bonds. The molecule has 210 valence electrons. The predicted molar refractivity (Wildman–Crippen MR) is 146 cm³/mol. The fourth-order valence-electron chi connectivity index (χ4n) is 4.91. The Balaban J connectivity index is 1.74. The number of fused-ring (bicyclic) bond motifs is 1. The van der Waals surface area contributed by atoms with E-state index in [1.165, 1.54) is 14.0 Å². The van der Waals surface area contributed by atoms with Crippen LogP contribution in [0.25, 0.3) is 10.9 Å². The van der Waals surface area contributed by atoms with Gasteiger partial charge in [-0.1, -0.05) is 58.0 Å². The number of aliphatic hydroxyl groups is 2. The van der Waals surface area contributed by atoms with Crippen LogP contribution in [0.4, 0.5) is 0 Å². The Hall–Kier alpha value is -2.95. The number of aromatic amines is 1. The molecule has 4 atom stereocenters. The number of oxime groups is 1. The van der Waals surface area contributed by atoms with Crippen LogP contribution in [-0.2, 0) is 25.6 Å². The van der Waals surface area contributed by atoms with Crippen molar-refractivity contribution >= 4 is 28.4 Å². The third-order valence-electron chi connectivity index (χ3n) is 6.70. The Labute approximate surface area is 224 Å². The number of ether oxygens (including phenoxy) is 1. The van der Waals surface area contributed by atoms with Crippen molar-refractivity contribution in [3.63, 3.8) is 0 Å². The average molecular weight is 531 g/mol. The van der Waals surface area contributed by atoms with Crippen LogP contribution in [0.5, 0.6) is 0 Å². The van der Waals surface area contributed by atoms with Gasteiger partial charge in [-0.3, -0.25) is 9.59 Å². The summed E-state index contributed by atoms with van der Waals surface area (Å²) in [5, 5.41) is 28.2. The summed E-state index contributed by atoms with van der Waals surface area (Å²) in [6.45, 7) is 12.1. The largest absolute Gasteiger partial charge is 0.390 e. The number of methoxy groups -OCH3 is 1. The second kappa shape index (κ2) is 11.8. The first-order valence-electron chi connectivity index (χ1n) is 13.0. The molecule has 3 rings (SSSR count). The molecule has 0 spiro atoms. The molecule has 1 aliphatic rings. The van der Waals surface area contributed by atoms with Gasteiger partial charge < -0.3 is 35.0 Å². The van der Waals surface area contributed by atoms with E-state index in [9.17, 15) is 19.8 Å². The van der Waals surface area contributed by atoms with Gasteiger partial charge in [0.2, 0.25) is 5.91 Å². The first kappa shape index (κ1) is 29.6. The summed E-state index contributed by atoms with van der Waals surface area (Å²) in [5.41, 5.74) is 1.55. The molecule has 0 radical (unpaired) electrons. The molecule has 1 fully saturated rings. The molecule has 2 heterocycles.